The Labute approximate surface area is 87.1 Å². The molecule has 0 aromatic carbocycles. The summed E-state index contributed by atoms with van der Waals surface area (Å²) in [5.74, 6) is 0.194. The Hall–Kier alpha value is -1.00. The first-order valence-corrected chi connectivity index (χ1v) is 4.97. The fourth-order valence-electron chi connectivity index (χ4n) is 1.50. The van der Waals surface area contributed by atoms with Crippen LogP contribution in [0.3, 0.4) is 0 Å². The number of hydrogen-bond acceptors (Lipinski definition) is 1. The summed E-state index contributed by atoms with van der Waals surface area (Å²) < 4.78 is 38.0. The van der Waals surface area contributed by atoms with Crippen molar-refractivity contribution in [1.29, 1.82) is 0 Å². The summed E-state index contributed by atoms with van der Waals surface area (Å²) >= 11 is 0. The highest BCUT2D eigenvalue weighted by molar-refractivity contribution is 5.14. The van der Waals surface area contributed by atoms with E-state index in [9.17, 15) is 13.2 Å². The van der Waals surface area contributed by atoms with E-state index < -0.39 is 12.6 Å². The van der Waals surface area contributed by atoms with Crippen LogP contribution in [0.25, 0.3) is 0 Å². The van der Waals surface area contributed by atoms with Crippen LogP contribution < -0.4 is 0 Å². The van der Waals surface area contributed by atoms with Crippen molar-refractivity contribution < 1.29 is 13.2 Å². The maximum Gasteiger partial charge on any atom is 0.394 e. The number of nitrogens with zero attached hydrogens (tertiary/aromatic N) is 2. The van der Waals surface area contributed by atoms with Crippen molar-refractivity contribution in [1.82, 2.24) is 9.78 Å². The third kappa shape index (κ3) is 3.25. The van der Waals surface area contributed by atoms with Gasteiger partial charge in [-0.25, -0.2) is 0 Å². The van der Waals surface area contributed by atoms with Crippen molar-refractivity contribution >= 4 is 0 Å². The van der Waals surface area contributed by atoms with Gasteiger partial charge in [0.2, 0.25) is 0 Å². The molecule has 1 aromatic rings. The zero-order valence-electron chi connectivity index (χ0n) is 9.10. The summed E-state index contributed by atoms with van der Waals surface area (Å²) in [5, 5.41) is 3.93. The number of aromatic nitrogens is 2. The van der Waals surface area contributed by atoms with Gasteiger partial charge in [-0.1, -0.05) is 13.8 Å². The van der Waals surface area contributed by atoms with Crippen LogP contribution in [0.15, 0.2) is 6.07 Å². The molecule has 0 amide bonds. The predicted octanol–water partition coefficient (Wildman–Crippen LogP) is 3.13. The Balaban J connectivity index is 2.93. The molecule has 2 nitrogen and oxygen atoms in total. The molecule has 0 fully saturated rings. The second-order valence-corrected chi connectivity index (χ2v) is 3.82. The molecule has 0 aliphatic carbocycles. The van der Waals surface area contributed by atoms with Crippen LogP contribution in [0, 0.1) is 0 Å². The van der Waals surface area contributed by atoms with Crippen LogP contribution in [0.1, 0.15) is 38.1 Å². The van der Waals surface area contributed by atoms with Crippen LogP contribution >= 0.6 is 0 Å². The Kier molecular flexibility index (Phi) is 3.42. The van der Waals surface area contributed by atoms with E-state index in [1.54, 1.807) is 10.7 Å². The Bertz CT molecular complexity index is 326. The molecule has 1 rings (SSSR count). The minimum Gasteiger partial charge on any atom is -0.269 e. The van der Waals surface area contributed by atoms with Gasteiger partial charge in [0, 0.05) is 12.2 Å². The summed E-state index contributed by atoms with van der Waals surface area (Å²) in [6, 6.07) is 1.54. The van der Waals surface area contributed by atoms with E-state index >= 15 is 0 Å². The van der Waals surface area contributed by atoms with Crippen LogP contribution in [-0.4, -0.2) is 16.0 Å². The highest BCUT2D eigenvalue weighted by Crippen LogP contribution is 2.23. The minimum atomic E-state index is -4.18. The summed E-state index contributed by atoms with van der Waals surface area (Å²) in [7, 11) is 0. The van der Waals surface area contributed by atoms with Crippen molar-refractivity contribution in [2.75, 3.05) is 0 Å². The van der Waals surface area contributed by atoms with Crippen molar-refractivity contribution in [3.63, 3.8) is 0 Å². The Morgan fingerprint density at radius 3 is 2.33 bits per heavy atom. The van der Waals surface area contributed by atoms with Crippen molar-refractivity contribution in [3.05, 3.63) is 17.5 Å². The number of aryl methyl sites for hydroxylation is 1. The van der Waals surface area contributed by atoms with Crippen molar-refractivity contribution in [3.8, 4) is 0 Å². The van der Waals surface area contributed by atoms with E-state index in [0.717, 1.165) is 5.69 Å². The van der Waals surface area contributed by atoms with Gasteiger partial charge < -0.3 is 0 Å². The molecule has 0 N–H and O–H groups in total. The summed E-state index contributed by atoms with van der Waals surface area (Å²) in [4.78, 5) is 0. The van der Waals surface area contributed by atoms with Gasteiger partial charge in [-0.05, 0) is 18.9 Å². The second-order valence-electron chi connectivity index (χ2n) is 3.82. The molecule has 0 saturated heterocycles. The van der Waals surface area contributed by atoms with Crippen molar-refractivity contribution in [2.45, 2.75) is 45.8 Å². The molecule has 0 aliphatic rings. The lowest BCUT2D eigenvalue weighted by molar-refractivity contribution is -0.127. The predicted molar refractivity (Wildman–Crippen MR) is 51.7 cm³/mol. The number of alkyl halides is 3. The van der Waals surface area contributed by atoms with Gasteiger partial charge in [0.05, 0.1) is 12.1 Å². The SMILES string of the molecule is CCn1nc(CC(F)(F)F)cc1C(C)C. The molecule has 0 saturated carbocycles. The fraction of sp³-hybridized carbons (Fsp3) is 0.700. The molecule has 0 bridgehead atoms. The standard InChI is InChI=1S/C10H15F3N2/c1-4-15-9(7(2)3)5-8(14-15)6-10(11,12)13/h5,7H,4,6H2,1-3H3. The Morgan fingerprint density at radius 1 is 1.40 bits per heavy atom. The first-order valence-electron chi connectivity index (χ1n) is 4.97. The average Bonchev–Trinajstić information content (AvgIpc) is 2.44. The molecule has 5 heteroatoms. The first-order chi connectivity index (χ1) is 6.83. The molecule has 1 heterocycles. The van der Waals surface area contributed by atoms with E-state index in [0.29, 0.717) is 6.54 Å². The molecular weight excluding hydrogens is 205 g/mol. The van der Waals surface area contributed by atoms with E-state index in [1.807, 2.05) is 20.8 Å². The maximum atomic E-state index is 12.1. The van der Waals surface area contributed by atoms with Gasteiger partial charge >= 0.3 is 6.18 Å². The quantitative estimate of drug-likeness (QED) is 0.765. The highest BCUT2D eigenvalue weighted by Gasteiger charge is 2.29. The van der Waals surface area contributed by atoms with Gasteiger partial charge in [0.1, 0.15) is 0 Å². The molecule has 0 unspecified atom stereocenters. The molecule has 0 aliphatic heterocycles. The van der Waals surface area contributed by atoms with Gasteiger partial charge in [-0.2, -0.15) is 18.3 Å². The fourth-order valence-corrected chi connectivity index (χ4v) is 1.50. The average molecular weight is 220 g/mol. The minimum absolute atomic E-state index is 0.105. The molecule has 0 radical (unpaired) electrons. The van der Waals surface area contributed by atoms with E-state index in [1.165, 1.54) is 0 Å². The summed E-state index contributed by atoms with van der Waals surface area (Å²) in [6.07, 6.45) is -5.12. The number of halogens is 3. The Morgan fingerprint density at radius 2 is 2.00 bits per heavy atom. The zero-order chi connectivity index (χ0) is 11.6. The second kappa shape index (κ2) is 4.24. The molecule has 1 aromatic heterocycles. The summed E-state index contributed by atoms with van der Waals surface area (Å²) in [5.41, 5.74) is 0.963. The van der Waals surface area contributed by atoms with Crippen molar-refractivity contribution in [2.24, 2.45) is 0 Å². The van der Waals surface area contributed by atoms with Gasteiger partial charge in [-0.3, -0.25) is 4.68 Å². The summed E-state index contributed by atoms with van der Waals surface area (Å²) in [6.45, 7) is 6.36. The van der Waals surface area contributed by atoms with E-state index in [4.69, 9.17) is 0 Å². The van der Waals surface area contributed by atoms with E-state index in [2.05, 4.69) is 5.10 Å². The zero-order valence-corrected chi connectivity index (χ0v) is 9.10. The highest BCUT2D eigenvalue weighted by atomic mass is 19.4. The largest absolute Gasteiger partial charge is 0.394 e. The number of hydrogen-bond donors (Lipinski definition) is 0. The first kappa shape index (κ1) is 12.1. The molecule has 86 valence electrons. The molecule has 0 atom stereocenters. The monoisotopic (exact) mass is 220 g/mol. The van der Waals surface area contributed by atoms with E-state index in [-0.39, 0.29) is 11.6 Å². The smallest absolute Gasteiger partial charge is 0.269 e. The lowest BCUT2D eigenvalue weighted by Gasteiger charge is -2.06. The third-order valence-electron chi connectivity index (χ3n) is 2.13. The van der Waals surface area contributed by atoms with Gasteiger partial charge in [0.15, 0.2) is 0 Å². The van der Waals surface area contributed by atoms with Crippen LogP contribution in [0.2, 0.25) is 0 Å². The molecule has 0 spiro atoms. The van der Waals surface area contributed by atoms with Crippen LogP contribution in [0.5, 0.6) is 0 Å². The topological polar surface area (TPSA) is 17.8 Å². The lowest BCUT2D eigenvalue weighted by Crippen LogP contribution is -2.12. The lowest BCUT2D eigenvalue weighted by atomic mass is 10.1. The third-order valence-corrected chi connectivity index (χ3v) is 2.13. The maximum absolute atomic E-state index is 12.1. The van der Waals surface area contributed by atoms with Crippen LogP contribution in [-0.2, 0) is 13.0 Å². The molecular formula is C10H15F3N2. The van der Waals surface area contributed by atoms with Gasteiger partial charge in [0.25, 0.3) is 0 Å². The molecule has 15 heavy (non-hydrogen) atoms. The van der Waals surface area contributed by atoms with Gasteiger partial charge in [-0.15, -0.1) is 0 Å². The van der Waals surface area contributed by atoms with Crippen LogP contribution in [0.4, 0.5) is 13.2 Å². The number of rotatable bonds is 3. The normalized spacial score (nSPS) is 12.5.